The molecule has 3 unspecified atom stereocenters. The van der Waals surface area contributed by atoms with Crippen LogP contribution in [0.2, 0.25) is 0 Å². The van der Waals surface area contributed by atoms with Crippen LogP contribution >= 0.6 is 11.6 Å². The van der Waals surface area contributed by atoms with Crippen LogP contribution in [0.1, 0.15) is 25.3 Å². The Morgan fingerprint density at radius 1 is 1.38 bits per heavy atom. The molecule has 3 atom stereocenters. The first-order valence-electron chi connectivity index (χ1n) is 5.60. The summed E-state index contributed by atoms with van der Waals surface area (Å²) < 4.78 is 0. The van der Waals surface area contributed by atoms with Crippen molar-refractivity contribution in [2.75, 3.05) is 12.4 Å². The van der Waals surface area contributed by atoms with E-state index >= 15 is 0 Å². The molecular formula is C14H18ClN. The molecule has 2 rings (SSSR count). The summed E-state index contributed by atoms with van der Waals surface area (Å²) in [5.41, 5.74) is 3.62. The number of hydrogen-bond donors (Lipinski definition) is 1. The van der Waals surface area contributed by atoms with Gasteiger partial charge in [0.2, 0.25) is 0 Å². The van der Waals surface area contributed by atoms with Crippen LogP contribution in [0.25, 0.3) is 0 Å². The van der Waals surface area contributed by atoms with E-state index in [1.807, 2.05) is 7.05 Å². The number of nitrogens with one attached hydrogen (secondary N) is 1. The van der Waals surface area contributed by atoms with Crippen molar-refractivity contribution in [2.24, 2.45) is 5.92 Å². The number of alkyl halides is 1. The van der Waals surface area contributed by atoms with E-state index in [9.17, 15) is 0 Å². The SMILES string of the molecule is C=C(C)C1C(c2ccc(NC)cc2)C1(C)Cl. The van der Waals surface area contributed by atoms with Crippen LogP contribution in [0, 0.1) is 5.92 Å². The van der Waals surface area contributed by atoms with Crippen LogP contribution in [-0.2, 0) is 0 Å². The second-order valence-corrected chi connectivity index (χ2v) is 5.64. The zero-order valence-electron chi connectivity index (χ0n) is 10.0. The predicted molar refractivity (Wildman–Crippen MR) is 71.3 cm³/mol. The van der Waals surface area contributed by atoms with Crippen molar-refractivity contribution in [2.45, 2.75) is 24.6 Å². The number of halogens is 1. The molecule has 1 nitrogen and oxygen atoms in total. The molecule has 0 radical (unpaired) electrons. The van der Waals surface area contributed by atoms with Crippen LogP contribution in [0.5, 0.6) is 0 Å². The molecule has 0 saturated heterocycles. The minimum absolute atomic E-state index is 0.146. The third-order valence-electron chi connectivity index (χ3n) is 3.53. The van der Waals surface area contributed by atoms with Gasteiger partial charge in [-0.05, 0) is 31.5 Å². The summed E-state index contributed by atoms with van der Waals surface area (Å²) in [5, 5.41) is 3.12. The van der Waals surface area contributed by atoms with Gasteiger partial charge in [0, 0.05) is 24.6 Å². The fourth-order valence-corrected chi connectivity index (χ4v) is 3.13. The first-order valence-corrected chi connectivity index (χ1v) is 5.98. The van der Waals surface area contributed by atoms with E-state index in [0.29, 0.717) is 11.8 Å². The van der Waals surface area contributed by atoms with Gasteiger partial charge in [-0.15, -0.1) is 11.6 Å². The number of anilines is 1. The van der Waals surface area contributed by atoms with E-state index in [-0.39, 0.29) is 4.87 Å². The Balaban J connectivity index is 2.23. The molecule has 1 N–H and O–H groups in total. The lowest BCUT2D eigenvalue weighted by atomic mass is 10.1. The Morgan fingerprint density at radius 3 is 2.31 bits per heavy atom. The van der Waals surface area contributed by atoms with Gasteiger partial charge in [-0.25, -0.2) is 0 Å². The quantitative estimate of drug-likeness (QED) is 0.617. The largest absolute Gasteiger partial charge is 0.388 e. The van der Waals surface area contributed by atoms with Gasteiger partial charge in [0.05, 0.1) is 4.87 Å². The molecule has 1 aliphatic carbocycles. The van der Waals surface area contributed by atoms with Gasteiger partial charge in [0.25, 0.3) is 0 Å². The first-order chi connectivity index (χ1) is 7.48. The van der Waals surface area contributed by atoms with Gasteiger partial charge in [-0.1, -0.05) is 24.3 Å². The average Bonchev–Trinajstić information content (AvgIpc) is 2.82. The second kappa shape index (κ2) is 3.81. The zero-order chi connectivity index (χ0) is 11.9. The normalized spacial score (nSPS) is 32.2. The summed E-state index contributed by atoms with van der Waals surface area (Å²) in [5.74, 6) is 0.826. The summed E-state index contributed by atoms with van der Waals surface area (Å²) in [4.78, 5) is -0.146. The molecule has 0 aromatic heterocycles. The summed E-state index contributed by atoms with van der Waals surface area (Å²) in [7, 11) is 1.93. The summed E-state index contributed by atoms with van der Waals surface area (Å²) in [6, 6.07) is 8.49. The van der Waals surface area contributed by atoms with E-state index < -0.39 is 0 Å². The maximum Gasteiger partial charge on any atom is 0.0564 e. The lowest BCUT2D eigenvalue weighted by Gasteiger charge is -2.03. The Kier molecular flexibility index (Phi) is 2.75. The molecule has 16 heavy (non-hydrogen) atoms. The van der Waals surface area contributed by atoms with Crippen LogP contribution in [0.3, 0.4) is 0 Å². The van der Waals surface area contributed by atoms with Crippen molar-refractivity contribution >= 4 is 17.3 Å². The molecule has 1 aromatic carbocycles. The van der Waals surface area contributed by atoms with E-state index in [1.54, 1.807) is 0 Å². The highest BCUT2D eigenvalue weighted by atomic mass is 35.5. The number of hydrogen-bond acceptors (Lipinski definition) is 1. The number of allylic oxidation sites excluding steroid dienone is 1. The number of benzene rings is 1. The van der Waals surface area contributed by atoms with Crippen molar-refractivity contribution < 1.29 is 0 Å². The van der Waals surface area contributed by atoms with E-state index in [2.05, 4.69) is 50.0 Å². The Bertz CT molecular complexity index is 405. The van der Waals surface area contributed by atoms with Crippen LogP contribution < -0.4 is 5.32 Å². The molecule has 0 bridgehead atoms. The van der Waals surface area contributed by atoms with Gasteiger partial charge < -0.3 is 5.32 Å². The molecule has 0 amide bonds. The highest BCUT2D eigenvalue weighted by molar-refractivity contribution is 6.27. The fraction of sp³-hybridized carbons (Fsp3) is 0.429. The lowest BCUT2D eigenvalue weighted by molar-refractivity contribution is 0.894. The Labute approximate surface area is 103 Å². The van der Waals surface area contributed by atoms with Gasteiger partial charge >= 0.3 is 0 Å². The predicted octanol–water partition coefficient (Wildman–Crippen LogP) is 4.02. The van der Waals surface area contributed by atoms with E-state index in [4.69, 9.17) is 11.6 Å². The zero-order valence-corrected chi connectivity index (χ0v) is 10.8. The van der Waals surface area contributed by atoms with Gasteiger partial charge in [-0.2, -0.15) is 0 Å². The molecule has 2 heteroatoms. The van der Waals surface area contributed by atoms with Gasteiger partial charge in [-0.3, -0.25) is 0 Å². The van der Waals surface area contributed by atoms with E-state index in [0.717, 1.165) is 5.69 Å². The van der Waals surface area contributed by atoms with Crippen molar-refractivity contribution in [1.82, 2.24) is 0 Å². The molecule has 1 fully saturated rings. The lowest BCUT2D eigenvalue weighted by Crippen LogP contribution is -1.95. The molecule has 0 spiro atoms. The van der Waals surface area contributed by atoms with Crippen molar-refractivity contribution in [3.63, 3.8) is 0 Å². The van der Waals surface area contributed by atoms with Crippen LogP contribution in [-0.4, -0.2) is 11.9 Å². The Morgan fingerprint density at radius 2 is 1.94 bits per heavy atom. The maximum atomic E-state index is 6.50. The molecule has 1 aromatic rings. The minimum atomic E-state index is -0.146. The average molecular weight is 236 g/mol. The highest BCUT2D eigenvalue weighted by Crippen LogP contribution is 2.64. The monoisotopic (exact) mass is 235 g/mol. The first kappa shape index (κ1) is 11.5. The topological polar surface area (TPSA) is 12.0 Å². The number of rotatable bonds is 3. The molecule has 86 valence electrons. The third-order valence-corrected chi connectivity index (χ3v) is 4.00. The molecule has 0 heterocycles. The van der Waals surface area contributed by atoms with Crippen molar-refractivity contribution in [3.05, 3.63) is 42.0 Å². The maximum absolute atomic E-state index is 6.50. The van der Waals surface area contributed by atoms with Crippen molar-refractivity contribution in [3.8, 4) is 0 Å². The summed E-state index contributed by atoms with van der Waals surface area (Å²) in [6.45, 7) is 8.19. The van der Waals surface area contributed by atoms with Crippen molar-refractivity contribution in [1.29, 1.82) is 0 Å². The summed E-state index contributed by atoms with van der Waals surface area (Å²) in [6.07, 6.45) is 0. The Hall–Kier alpha value is -0.950. The fourth-order valence-electron chi connectivity index (χ4n) is 2.62. The smallest absolute Gasteiger partial charge is 0.0564 e. The standard InChI is InChI=1S/C14H18ClN/c1-9(2)12-13(14(12,3)15)10-5-7-11(16-4)8-6-10/h5-8,12-13,16H,1H2,2-4H3. The van der Waals surface area contributed by atoms with Crippen LogP contribution in [0.4, 0.5) is 5.69 Å². The molecule has 1 saturated carbocycles. The summed E-state index contributed by atoms with van der Waals surface area (Å²) >= 11 is 6.50. The van der Waals surface area contributed by atoms with Gasteiger partial charge in [0.15, 0.2) is 0 Å². The second-order valence-electron chi connectivity index (χ2n) is 4.82. The molecule has 1 aliphatic rings. The van der Waals surface area contributed by atoms with E-state index in [1.165, 1.54) is 11.1 Å². The minimum Gasteiger partial charge on any atom is -0.388 e. The highest BCUT2D eigenvalue weighted by Gasteiger charge is 2.60. The molecular weight excluding hydrogens is 218 g/mol. The van der Waals surface area contributed by atoms with Crippen LogP contribution in [0.15, 0.2) is 36.4 Å². The third kappa shape index (κ3) is 1.73. The molecule has 0 aliphatic heterocycles. The van der Waals surface area contributed by atoms with Gasteiger partial charge in [0.1, 0.15) is 0 Å².